The molecule has 1 aliphatic heterocycles. The Kier molecular flexibility index (Phi) is 2.38. The molecule has 2 aromatic heterocycles. The van der Waals surface area contributed by atoms with Crippen molar-refractivity contribution in [3.63, 3.8) is 0 Å². The van der Waals surface area contributed by atoms with E-state index in [0.717, 1.165) is 40.7 Å². The minimum atomic E-state index is 0.869. The van der Waals surface area contributed by atoms with Gasteiger partial charge in [0.25, 0.3) is 0 Å². The van der Waals surface area contributed by atoms with Gasteiger partial charge in [0.1, 0.15) is 5.84 Å². The molecule has 5 heteroatoms. The highest BCUT2D eigenvalue weighted by Gasteiger charge is 2.09. The number of nitrogens with zero attached hydrogens (tertiary/aromatic N) is 3. The molecule has 1 aliphatic rings. The van der Waals surface area contributed by atoms with Crippen LogP contribution in [0.25, 0.3) is 16.2 Å². The second-order valence-corrected chi connectivity index (χ2v) is 5.33. The van der Waals surface area contributed by atoms with Crippen molar-refractivity contribution in [2.45, 2.75) is 0 Å². The molecule has 1 N–H and O–H groups in total. The summed E-state index contributed by atoms with van der Waals surface area (Å²) < 4.78 is 2.05. The minimum Gasteiger partial charge on any atom is -0.368 e. The fraction of sp³-hybridized carbons (Fsp3) is 0.143. The van der Waals surface area contributed by atoms with Gasteiger partial charge < -0.3 is 5.32 Å². The number of rotatable bonds is 2. The van der Waals surface area contributed by atoms with E-state index >= 15 is 0 Å². The molecule has 0 radical (unpaired) electrons. The first-order valence-corrected chi connectivity index (χ1v) is 7.09. The van der Waals surface area contributed by atoms with Crippen molar-refractivity contribution >= 4 is 22.1 Å². The maximum Gasteiger partial charge on any atom is 0.194 e. The third-order valence-electron chi connectivity index (χ3n) is 3.22. The van der Waals surface area contributed by atoms with Crippen LogP contribution in [0.4, 0.5) is 0 Å². The molecule has 0 saturated heterocycles. The summed E-state index contributed by atoms with van der Waals surface area (Å²) in [5.74, 6) is 0.998. The number of imidazole rings is 1. The first-order valence-electron chi connectivity index (χ1n) is 6.21. The molecule has 0 spiro atoms. The lowest BCUT2D eigenvalue weighted by atomic mass is 10.1. The summed E-state index contributed by atoms with van der Waals surface area (Å²) in [6.45, 7) is 1.81. The number of hydrogen-bond acceptors (Lipinski definition) is 4. The standard InChI is InChI=1S/C14H12N4S/c1-3-11(13-15-5-6-16-13)4-2-10(1)12-9-18-7-8-19-14(18)17-12/h1-4,7-9H,5-6H2,(H,15,16). The van der Waals surface area contributed by atoms with Crippen molar-refractivity contribution in [3.8, 4) is 11.3 Å². The maximum absolute atomic E-state index is 4.61. The fourth-order valence-electron chi connectivity index (χ4n) is 2.26. The number of nitrogens with one attached hydrogen (secondary N) is 1. The molecular formula is C14H12N4S. The van der Waals surface area contributed by atoms with Gasteiger partial charge in [-0.25, -0.2) is 4.98 Å². The van der Waals surface area contributed by atoms with E-state index in [9.17, 15) is 0 Å². The van der Waals surface area contributed by atoms with Crippen LogP contribution in [0.5, 0.6) is 0 Å². The molecular weight excluding hydrogens is 256 g/mol. The van der Waals surface area contributed by atoms with Crippen LogP contribution in [-0.2, 0) is 0 Å². The number of hydrogen-bond donors (Lipinski definition) is 1. The topological polar surface area (TPSA) is 41.7 Å². The van der Waals surface area contributed by atoms with Crippen LogP contribution in [0, 0.1) is 0 Å². The van der Waals surface area contributed by atoms with Crippen LogP contribution in [0.2, 0.25) is 0 Å². The zero-order valence-corrected chi connectivity index (χ0v) is 11.0. The van der Waals surface area contributed by atoms with E-state index in [2.05, 4.69) is 50.2 Å². The molecule has 3 heterocycles. The van der Waals surface area contributed by atoms with E-state index in [-0.39, 0.29) is 0 Å². The van der Waals surface area contributed by atoms with Crippen LogP contribution < -0.4 is 5.32 Å². The first-order chi connectivity index (χ1) is 9.40. The summed E-state index contributed by atoms with van der Waals surface area (Å²) in [6.07, 6.45) is 4.09. The van der Waals surface area contributed by atoms with Gasteiger partial charge in [0, 0.05) is 35.4 Å². The Morgan fingerprint density at radius 3 is 2.74 bits per heavy atom. The third kappa shape index (κ3) is 1.82. The average molecular weight is 268 g/mol. The lowest BCUT2D eigenvalue weighted by Gasteiger charge is -2.03. The van der Waals surface area contributed by atoms with Crippen molar-refractivity contribution in [2.75, 3.05) is 13.1 Å². The number of aromatic nitrogens is 2. The summed E-state index contributed by atoms with van der Waals surface area (Å²) in [4.78, 5) is 10.1. The van der Waals surface area contributed by atoms with Gasteiger partial charge in [0.05, 0.1) is 12.2 Å². The molecule has 1 aromatic carbocycles. The summed E-state index contributed by atoms with van der Waals surface area (Å²) in [5, 5.41) is 5.32. The number of amidine groups is 1. The van der Waals surface area contributed by atoms with E-state index in [1.54, 1.807) is 11.3 Å². The Labute approximate surface area is 114 Å². The highest BCUT2D eigenvalue weighted by molar-refractivity contribution is 7.15. The quantitative estimate of drug-likeness (QED) is 0.775. The minimum absolute atomic E-state index is 0.869. The maximum atomic E-state index is 4.61. The second-order valence-electron chi connectivity index (χ2n) is 4.45. The zero-order chi connectivity index (χ0) is 12.7. The van der Waals surface area contributed by atoms with E-state index in [1.165, 1.54) is 0 Å². The summed E-state index contributed by atoms with van der Waals surface area (Å²) in [6, 6.07) is 8.40. The number of aliphatic imine (C=N–C) groups is 1. The Balaban J connectivity index is 1.70. The normalized spacial score (nSPS) is 14.6. The van der Waals surface area contributed by atoms with Gasteiger partial charge in [-0.05, 0) is 0 Å². The molecule has 0 saturated carbocycles. The summed E-state index contributed by atoms with van der Waals surface area (Å²) in [5.41, 5.74) is 3.29. The van der Waals surface area contributed by atoms with Gasteiger partial charge >= 0.3 is 0 Å². The fourth-order valence-corrected chi connectivity index (χ4v) is 2.96. The molecule has 3 aromatic rings. The number of fused-ring (bicyclic) bond motifs is 1. The summed E-state index contributed by atoms with van der Waals surface area (Å²) >= 11 is 1.65. The smallest absolute Gasteiger partial charge is 0.194 e. The molecule has 0 fully saturated rings. The predicted molar refractivity (Wildman–Crippen MR) is 77.9 cm³/mol. The van der Waals surface area contributed by atoms with Gasteiger partial charge in [-0.1, -0.05) is 24.3 Å². The van der Waals surface area contributed by atoms with E-state index in [1.807, 2.05) is 11.6 Å². The Bertz CT molecular complexity index is 723. The van der Waals surface area contributed by atoms with Gasteiger partial charge in [-0.2, -0.15) is 0 Å². The largest absolute Gasteiger partial charge is 0.368 e. The SMILES string of the molecule is c1cn2cc(-c3ccc(C4=NCCN4)cc3)nc2s1. The van der Waals surface area contributed by atoms with Crippen molar-refractivity contribution in [1.82, 2.24) is 14.7 Å². The van der Waals surface area contributed by atoms with E-state index in [4.69, 9.17) is 0 Å². The van der Waals surface area contributed by atoms with Gasteiger partial charge in [-0.15, -0.1) is 11.3 Å². The van der Waals surface area contributed by atoms with Crippen molar-refractivity contribution in [2.24, 2.45) is 4.99 Å². The van der Waals surface area contributed by atoms with Gasteiger partial charge in [0.2, 0.25) is 0 Å². The van der Waals surface area contributed by atoms with Crippen LogP contribution in [-0.4, -0.2) is 28.3 Å². The number of benzene rings is 1. The lowest BCUT2D eigenvalue weighted by Crippen LogP contribution is -2.19. The van der Waals surface area contributed by atoms with Gasteiger partial charge in [0.15, 0.2) is 4.96 Å². The Morgan fingerprint density at radius 1 is 1.16 bits per heavy atom. The molecule has 0 bridgehead atoms. The first kappa shape index (κ1) is 10.8. The molecule has 0 atom stereocenters. The highest BCUT2D eigenvalue weighted by atomic mass is 32.1. The van der Waals surface area contributed by atoms with Crippen LogP contribution >= 0.6 is 11.3 Å². The van der Waals surface area contributed by atoms with E-state index in [0.29, 0.717) is 0 Å². The average Bonchev–Trinajstić information content (AvgIpc) is 3.15. The molecule has 4 nitrogen and oxygen atoms in total. The van der Waals surface area contributed by atoms with Crippen LogP contribution in [0.3, 0.4) is 0 Å². The zero-order valence-electron chi connectivity index (χ0n) is 10.2. The molecule has 4 rings (SSSR count). The molecule has 0 aliphatic carbocycles. The molecule has 19 heavy (non-hydrogen) atoms. The lowest BCUT2D eigenvalue weighted by molar-refractivity contribution is 0.960. The Morgan fingerprint density at radius 2 is 2.00 bits per heavy atom. The van der Waals surface area contributed by atoms with E-state index < -0.39 is 0 Å². The van der Waals surface area contributed by atoms with Crippen LogP contribution in [0.15, 0.2) is 47.0 Å². The van der Waals surface area contributed by atoms with Crippen molar-refractivity contribution in [1.29, 1.82) is 0 Å². The molecule has 94 valence electrons. The van der Waals surface area contributed by atoms with Crippen molar-refractivity contribution < 1.29 is 0 Å². The Hall–Kier alpha value is -2.14. The second kappa shape index (κ2) is 4.20. The number of thiazole rings is 1. The van der Waals surface area contributed by atoms with Gasteiger partial charge in [-0.3, -0.25) is 9.39 Å². The molecule has 0 unspecified atom stereocenters. The predicted octanol–water partition coefficient (Wildman–Crippen LogP) is 2.41. The van der Waals surface area contributed by atoms with Crippen molar-refractivity contribution in [3.05, 3.63) is 47.6 Å². The molecule has 0 amide bonds. The highest BCUT2D eigenvalue weighted by Crippen LogP contribution is 2.22. The van der Waals surface area contributed by atoms with Crippen LogP contribution in [0.1, 0.15) is 5.56 Å². The summed E-state index contributed by atoms with van der Waals surface area (Å²) in [7, 11) is 0. The monoisotopic (exact) mass is 268 g/mol. The third-order valence-corrected chi connectivity index (χ3v) is 3.99.